The van der Waals surface area contributed by atoms with E-state index in [1.807, 2.05) is 27.7 Å². The fraction of sp³-hybridized carbons (Fsp3) is 0.440. The number of nitrogens with zero attached hydrogens (tertiary/aromatic N) is 3. The molecule has 2 heterocycles. The van der Waals surface area contributed by atoms with Crippen LogP contribution in [-0.4, -0.2) is 45.5 Å². The van der Waals surface area contributed by atoms with Crippen molar-refractivity contribution in [2.24, 2.45) is 17.3 Å². The van der Waals surface area contributed by atoms with Crippen LogP contribution in [0.1, 0.15) is 45.6 Å². The van der Waals surface area contributed by atoms with Crippen molar-refractivity contribution in [2.45, 2.75) is 57.9 Å². The van der Waals surface area contributed by atoms with E-state index in [1.165, 1.54) is 12.4 Å². The molecular weight excluding hydrogens is 496 g/mol. The first kappa shape index (κ1) is 26.4. The van der Waals surface area contributed by atoms with Crippen LogP contribution in [0.2, 0.25) is 0 Å². The van der Waals surface area contributed by atoms with E-state index >= 15 is 0 Å². The Balaban J connectivity index is 1.41. The highest BCUT2D eigenvalue weighted by molar-refractivity contribution is 7.90. The van der Waals surface area contributed by atoms with E-state index < -0.39 is 16.1 Å². The van der Waals surface area contributed by atoms with Crippen molar-refractivity contribution in [3.8, 4) is 0 Å². The number of benzene rings is 1. The molecule has 37 heavy (non-hydrogen) atoms. The number of anilines is 1. The molecule has 198 valence electrons. The quantitative estimate of drug-likeness (QED) is 0.340. The maximum atomic E-state index is 13.0. The lowest BCUT2D eigenvalue weighted by Crippen LogP contribution is -2.47. The molecule has 0 radical (unpaired) electrons. The Kier molecular flexibility index (Phi) is 7.13. The van der Waals surface area contributed by atoms with Gasteiger partial charge in [0.05, 0.1) is 11.1 Å². The second-order valence-corrected chi connectivity index (χ2v) is 12.4. The van der Waals surface area contributed by atoms with Gasteiger partial charge in [-0.3, -0.25) is 15.6 Å². The number of fused-ring (bicyclic) bond motifs is 1. The van der Waals surface area contributed by atoms with Crippen LogP contribution in [0, 0.1) is 24.2 Å². The smallest absolute Gasteiger partial charge is 0.404 e. The van der Waals surface area contributed by atoms with Crippen molar-refractivity contribution in [3.63, 3.8) is 0 Å². The zero-order chi connectivity index (χ0) is 27.0. The van der Waals surface area contributed by atoms with Crippen LogP contribution in [0.4, 0.5) is 10.6 Å². The molecule has 1 aliphatic rings. The highest BCUT2D eigenvalue weighted by atomic mass is 32.2. The summed E-state index contributed by atoms with van der Waals surface area (Å²) < 4.78 is 27.2. The summed E-state index contributed by atoms with van der Waals surface area (Å²) in [6, 6.07) is 7.84. The molecule has 0 spiro atoms. The summed E-state index contributed by atoms with van der Waals surface area (Å²) >= 11 is 0. The molecule has 2 amide bonds. The topological polar surface area (TPSA) is 155 Å². The van der Waals surface area contributed by atoms with E-state index in [9.17, 15) is 23.1 Å². The van der Waals surface area contributed by atoms with Gasteiger partial charge in [0.2, 0.25) is 5.91 Å². The number of nitrogens with one attached hydrogen (secondary N) is 3. The van der Waals surface area contributed by atoms with Gasteiger partial charge >= 0.3 is 6.09 Å². The molecule has 0 aliphatic heterocycles. The maximum Gasteiger partial charge on any atom is 0.404 e. The number of hydrazine groups is 1. The zero-order valence-electron chi connectivity index (χ0n) is 21.2. The number of amides is 2. The third-order valence-electron chi connectivity index (χ3n) is 6.77. The van der Waals surface area contributed by atoms with Gasteiger partial charge in [-0.05, 0) is 55.7 Å². The largest absolute Gasteiger partial charge is 0.465 e. The van der Waals surface area contributed by atoms with E-state index in [0.717, 1.165) is 16.0 Å². The summed E-state index contributed by atoms with van der Waals surface area (Å²) in [6.07, 6.45) is 3.65. The molecule has 1 fully saturated rings. The Morgan fingerprint density at radius 3 is 2.49 bits per heavy atom. The first-order valence-corrected chi connectivity index (χ1v) is 13.5. The molecule has 4 N–H and O–H groups in total. The van der Waals surface area contributed by atoms with Gasteiger partial charge in [-0.1, -0.05) is 38.5 Å². The number of hydrogen-bond acceptors (Lipinski definition) is 7. The van der Waals surface area contributed by atoms with Crippen molar-refractivity contribution in [3.05, 3.63) is 48.3 Å². The summed E-state index contributed by atoms with van der Waals surface area (Å²) in [5, 5.41) is 11.9. The lowest BCUT2D eigenvalue weighted by Gasteiger charge is -2.35. The monoisotopic (exact) mass is 528 g/mol. The Morgan fingerprint density at radius 1 is 1.14 bits per heavy atom. The molecule has 11 nitrogen and oxygen atoms in total. The van der Waals surface area contributed by atoms with Crippen molar-refractivity contribution in [1.29, 1.82) is 0 Å². The molecule has 1 saturated carbocycles. The van der Waals surface area contributed by atoms with Crippen LogP contribution in [0.3, 0.4) is 0 Å². The Hall–Kier alpha value is -3.67. The predicted molar refractivity (Wildman–Crippen MR) is 138 cm³/mol. The minimum atomic E-state index is -3.84. The highest BCUT2D eigenvalue weighted by Gasteiger charge is 2.40. The lowest BCUT2D eigenvalue weighted by atomic mass is 9.78. The van der Waals surface area contributed by atoms with Gasteiger partial charge in [0.25, 0.3) is 10.0 Å². The van der Waals surface area contributed by atoms with Crippen LogP contribution in [0.15, 0.2) is 47.6 Å². The van der Waals surface area contributed by atoms with E-state index in [-0.39, 0.29) is 45.6 Å². The number of carboxylic acid groups (broad SMARTS) is 1. The fourth-order valence-electron chi connectivity index (χ4n) is 4.93. The maximum absolute atomic E-state index is 13.0. The Morgan fingerprint density at radius 2 is 1.84 bits per heavy atom. The Labute approximate surface area is 215 Å². The van der Waals surface area contributed by atoms with Gasteiger partial charge in [0, 0.05) is 18.2 Å². The molecule has 1 unspecified atom stereocenters. The first-order valence-electron chi connectivity index (χ1n) is 12.1. The molecule has 3 aromatic rings. The van der Waals surface area contributed by atoms with E-state index in [2.05, 4.69) is 26.1 Å². The second kappa shape index (κ2) is 10.0. The summed E-state index contributed by atoms with van der Waals surface area (Å²) in [5.41, 5.74) is 6.63. The molecule has 0 bridgehead atoms. The summed E-state index contributed by atoms with van der Waals surface area (Å²) in [7, 11) is -3.84. The fourth-order valence-corrected chi connectivity index (χ4v) is 6.22. The van der Waals surface area contributed by atoms with Gasteiger partial charge in [0.15, 0.2) is 11.5 Å². The van der Waals surface area contributed by atoms with Gasteiger partial charge in [0.1, 0.15) is 5.52 Å². The Bertz CT molecular complexity index is 1410. The van der Waals surface area contributed by atoms with Gasteiger partial charge in [-0.2, -0.15) is 0 Å². The molecule has 2 aromatic heterocycles. The average molecular weight is 529 g/mol. The normalized spacial score (nSPS) is 18.9. The standard InChI is InChI=1S/C25H32N6O5S/c1-15-5-9-18(10-6-15)37(35,36)31-12-11-19-22(31)26-14-20(27-19)29-30-23(32)17-8-7-16(13-17)21(25(2,3)4)28-24(33)34/h5-6,9-12,14,16-17,21,28H,7-8,13H2,1-4H3,(H,27,29)(H,30,32)(H,33,34)/t16-,17-,21?/m1/s1. The van der Waals surface area contributed by atoms with Gasteiger partial charge in [-0.25, -0.2) is 27.2 Å². The number of hydrogen-bond donors (Lipinski definition) is 4. The third-order valence-corrected chi connectivity index (χ3v) is 8.46. The molecule has 3 atom stereocenters. The van der Waals surface area contributed by atoms with Crippen molar-refractivity contribution >= 4 is 39.0 Å². The van der Waals surface area contributed by atoms with Crippen LogP contribution in [0.25, 0.3) is 11.2 Å². The van der Waals surface area contributed by atoms with E-state index in [4.69, 9.17) is 0 Å². The minimum Gasteiger partial charge on any atom is -0.465 e. The van der Waals surface area contributed by atoms with Crippen LogP contribution < -0.4 is 16.2 Å². The molecule has 12 heteroatoms. The molecular formula is C25H32N6O5S. The molecule has 1 aromatic carbocycles. The van der Waals surface area contributed by atoms with Crippen LogP contribution in [0.5, 0.6) is 0 Å². The summed E-state index contributed by atoms with van der Waals surface area (Å²) in [6.45, 7) is 7.83. The van der Waals surface area contributed by atoms with Crippen molar-refractivity contribution < 1.29 is 23.1 Å². The lowest BCUT2D eigenvalue weighted by molar-refractivity contribution is -0.124. The zero-order valence-corrected chi connectivity index (χ0v) is 22.0. The summed E-state index contributed by atoms with van der Waals surface area (Å²) in [4.78, 5) is 32.9. The number of carbonyl (C=O) groups excluding carboxylic acids is 1. The number of rotatable bonds is 7. The second-order valence-electron chi connectivity index (χ2n) is 10.6. The average Bonchev–Trinajstić information content (AvgIpc) is 3.48. The predicted octanol–water partition coefficient (Wildman–Crippen LogP) is 3.52. The first-order chi connectivity index (χ1) is 17.4. The number of aryl methyl sites for hydroxylation is 1. The molecule has 4 rings (SSSR count). The minimum absolute atomic E-state index is 0.0539. The molecule has 1 aliphatic carbocycles. The SMILES string of the molecule is Cc1ccc(S(=O)(=O)n2ccc3nc(NNC(=O)[C@@H]4CC[C@@H](C(NC(=O)O)C(C)(C)C)C4)cnc32)cc1. The van der Waals surface area contributed by atoms with Crippen molar-refractivity contribution in [2.75, 3.05) is 5.43 Å². The van der Waals surface area contributed by atoms with Gasteiger partial charge in [-0.15, -0.1) is 0 Å². The molecule has 0 saturated heterocycles. The van der Waals surface area contributed by atoms with E-state index in [0.29, 0.717) is 18.4 Å². The van der Waals surface area contributed by atoms with Crippen LogP contribution >= 0.6 is 0 Å². The third kappa shape index (κ3) is 5.68. The highest BCUT2D eigenvalue weighted by Crippen LogP contribution is 2.39. The number of carbonyl (C=O) groups is 2. The van der Waals surface area contributed by atoms with Crippen molar-refractivity contribution in [1.82, 2.24) is 24.7 Å². The van der Waals surface area contributed by atoms with E-state index in [1.54, 1.807) is 30.3 Å². The summed E-state index contributed by atoms with van der Waals surface area (Å²) in [5.74, 6) is -0.165. The van der Waals surface area contributed by atoms with Gasteiger partial charge < -0.3 is 10.4 Å². The number of aromatic nitrogens is 3. The van der Waals surface area contributed by atoms with Crippen LogP contribution in [-0.2, 0) is 14.8 Å².